The molecule has 0 bridgehead atoms. The molecule has 3 N–H and O–H groups in total. The van der Waals surface area contributed by atoms with Crippen LogP contribution in [0.4, 0.5) is 4.39 Å². The van der Waals surface area contributed by atoms with Crippen molar-refractivity contribution in [2.75, 3.05) is 0 Å². The number of hydrazine groups is 1. The van der Waals surface area contributed by atoms with Crippen molar-refractivity contribution in [3.05, 3.63) is 70.0 Å². The monoisotopic (exact) mass is 306 g/mol. The Balaban J connectivity index is 2.21. The van der Waals surface area contributed by atoms with Crippen molar-refractivity contribution < 1.29 is 4.39 Å². The van der Waals surface area contributed by atoms with Crippen LogP contribution >= 0.6 is 11.6 Å². The number of halogens is 2. The van der Waals surface area contributed by atoms with Crippen LogP contribution in [0.15, 0.2) is 42.5 Å². The van der Waals surface area contributed by atoms with Crippen LogP contribution in [0, 0.1) is 5.82 Å². The summed E-state index contributed by atoms with van der Waals surface area (Å²) in [4.78, 5) is 0. The fourth-order valence-electron chi connectivity index (χ4n) is 2.32. The summed E-state index contributed by atoms with van der Waals surface area (Å²) >= 11 is 5.83. The number of rotatable bonds is 5. The van der Waals surface area contributed by atoms with Gasteiger partial charge >= 0.3 is 0 Å². The molecule has 0 aliphatic carbocycles. The van der Waals surface area contributed by atoms with E-state index in [0.29, 0.717) is 17.9 Å². The Hall–Kier alpha value is -1.42. The quantitative estimate of drug-likeness (QED) is 0.636. The molecule has 2 nitrogen and oxygen atoms in total. The van der Waals surface area contributed by atoms with Crippen LogP contribution in [0.5, 0.6) is 0 Å². The highest BCUT2D eigenvalue weighted by Gasteiger charge is 2.17. The van der Waals surface area contributed by atoms with Crippen LogP contribution in [0.1, 0.15) is 42.5 Å². The van der Waals surface area contributed by atoms with Crippen LogP contribution in [0.25, 0.3) is 0 Å². The molecule has 4 heteroatoms. The van der Waals surface area contributed by atoms with Gasteiger partial charge in [-0.1, -0.05) is 61.8 Å². The highest BCUT2D eigenvalue weighted by atomic mass is 35.5. The smallest absolute Gasteiger partial charge is 0.146 e. The van der Waals surface area contributed by atoms with Gasteiger partial charge in [-0.05, 0) is 29.5 Å². The van der Waals surface area contributed by atoms with E-state index in [1.54, 1.807) is 12.1 Å². The maximum atomic E-state index is 14.1. The highest BCUT2D eigenvalue weighted by molar-refractivity contribution is 6.30. The van der Waals surface area contributed by atoms with Gasteiger partial charge < -0.3 is 0 Å². The van der Waals surface area contributed by atoms with E-state index in [1.165, 1.54) is 11.6 Å². The molecule has 0 saturated heterocycles. The number of hydrogen-bond acceptors (Lipinski definition) is 2. The summed E-state index contributed by atoms with van der Waals surface area (Å²) < 4.78 is 14.1. The average Bonchev–Trinajstić information content (AvgIpc) is 2.48. The van der Waals surface area contributed by atoms with Crippen molar-refractivity contribution >= 4 is 11.6 Å². The van der Waals surface area contributed by atoms with Crippen LogP contribution in [0.2, 0.25) is 5.02 Å². The van der Waals surface area contributed by atoms with E-state index in [-0.39, 0.29) is 11.1 Å². The lowest BCUT2D eigenvalue weighted by Gasteiger charge is -2.18. The first-order valence-corrected chi connectivity index (χ1v) is 7.39. The normalized spacial score (nSPS) is 12.7. The summed E-state index contributed by atoms with van der Waals surface area (Å²) in [5.41, 5.74) is 5.54. The molecule has 1 unspecified atom stereocenters. The number of nitrogens with one attached hydrogen (secondary N) is 1. The van der Waals surface area contributed by atoms with Crippen molar-refractivity contribution in [3.8, 4) is 0 Å². The molecule has 0 spiro atoms. The fourth-order valence-corrected chi connectivity index (χ4v) is 2.50. The Kier molecular flexibility index (Phi) is 5.34. The minimum absolute atomic E-state index is 0.114. The summed E-state index contributed by atoms with van der Waals surface area (Å²) in [5.74, 6) is 5.67. The predicted octanol–water partition coefficient (Wildman–Crippen LogP) is 4.35. The SMILES string of the molecule is CC(C)c1ccc(CC(NN)c2cccc(Cl)c2F)cc1. The van der Waals surface area contributed by atoms with Gasteiger partial charge in [-0.2, -0.15) is 0 Å². The molecule has 112 valence electrons. The van der Waals surface area contributed by atoms with Gasteiger partial charge in [-0.25, -0.2) is 4.39 Å². The van der Waals surface area contributed by atoms with Gasteiger partial charge in [0, 0.05) is 5.56 Å². The Morgan fingerprint density at radius 1 is 1.14 bits per heavy atom. The van der Waals surface area contributed by atoms with E-state index >= 15 is 0 Å². The van der Waals surface area contributed by atoms with E-state index in [0.717, 1.165) is 5.56 Å². The van der Waals surface area contributed by atoms with Crippen LogP contribution in [0.3, 0.4) is 0 Å². The molecule has 0 amide bonds. The number of benzene rings is 2. The third-order valence-corrected chi connectivity index (χ3v) is 3.94. The van der Waals surface area contributed by atoms with E-state index in [1.807, 2.05) is 0 Å². The molecular weight excluding hydrogens is 287 g/mol. The first kappa shape index (κ1) is 16.0. The van der Waals surface area contributed by atoms with E-state index < -0.39 is 5.82 Å². The summed E-state index contributed by atoms with van der Waals surface area (Å²) in [6, 6.07) is 13.0. The van der Waals surface area contributed by atoms with Gasteiger partial charge in [0.25, 0.3) is 0 Å². The predicted molar refractivity (Wildman–Crippen MR) is 85.7 cm³/mol. The van der Waals surface area contributed by atoms with Gasteiger partial charge in [0.1, 0.15) is 5.82 Å². The lowest BCUT2D eigenvalue weighted by Crippen LogP contribution is -2.30. The molecule has 0 saturated carbocycles. The zero-order valence-electron chi connectivity index (χ0n) is 12.2. The van der Waals surface area contributed by atoms with Gasteiger partial charge in [-0.3, -0.25) is 11.3 Å². The Morgan fingerprint density at radius 2 is 1.81 bits per heavy atom. The molecule has 1 atom stereocenters. The van der Waals surface area contributed by atoms with Gasteiger partial charge in [0.05, 0.1) is 11.1 Å². The van der Waals surface area contributed by atoms with E-state index in [9.17, 15) is 4.39 Å². The maximum Gasteiger partial charge on any atom is 0.146 e. The molecular formula is C17H20ClFN2. The fraction of sp³-hybridized carbons (Fsp3) is 0.294. The van der Waals surface area contributed by atoms with Crippen LogP contribution in [-0.4, -0.2) is 0 Å². The summed E-state index contributed by atoms with van der Waals surface area (Å²) in [5, 5.41) is 0.114. The number of hydrogen-bond donors (Lipinski definition) is 2. The summed E-state index contributed by atoms with van der Waals surface area (Å²) in [6.07, 6.45) is 0.603. The zero-order chi connectivity index (χ0) is 15.4. The number of nitrogens with two attached hydrogens (primary N) is 1. The largest absolute Gasteiger partial charge is 0.271 e. The van der Waals surface area contributed by atoms with E-state index in [4.69, 9.17) is 17.4 Å². The Bertz CT molecular complexity index is 596. The molecule has 2 rings (SSSR count). The van der Waals surface area contributed by atoms with Gasteiger partial charge in [-0.15, -0.1) is 0 Å². The summed E-state index contributed by atoms with van der Waals surface area (Å²) in [6.45, 7) is 4.31. The first-order valence-electron chi connectivity index (χ1n) is 7.01. The van der Waals surface area contributed by atoms with Crippen LogP contribution in [-0.2, 0) is 6.42 Å². The molecule has 2 aromatic carbocycles. The third-order valence-electron chi connectivity index (χ3n) is 3.64. The first-order chi connectivity index (χ1) is 10.0. The second-order valence-electron chi connectivity index (χ2n) is 5.46. The van der Waals surface area contributed by atoms with Gasteiger partial charge in [0.15, 0.2) is 0 Å². The molecule has 0 heterocycles. The molecule has 0 fully saturated rings. The van der Waals surface area contributed by atoms with Crippen molar-refractivity contribution in [2.24, 2.45) is 5.84 Å². The summed E-state index contributed by atoms with van der Waals surface area (Å²) in [7, 11) is 0. The highest BCUT2D eigenvalue weighted by Crippen LogP contribution is 2.26. The lowest BCUT2D eigenvalue weighted by molar-refractivity contribution is 0.511. The second-order valence-corrected chi connectivity index (χ2v) is 5.87. The molecule has 0 radical (unpaired) electrons. The van der Waals surface area contributed by atoms with Crippen molar-refractivity contribution in [1.29, 1.82) is 0 Å². The minimum atomic E-state index is -0.416. The lowest BCUT2D eigenvalue weighted by atomic mass is 9.96. The second kappa shape index (κ2) is 7.03. The topological polar surface area (TPSA) is 38.0 Å². The Morgan fingerprint density at radius 3 is 2.38 bits per heavy atom. The Labute approximate surface area is 130 Å². The average molecular weight is 307 g/mol. The van der Waals surface area contributed by atoms with Crippen molar-refractivity contribution in [3.63, 3.8) is 0 Å². The zero-order valence-corrected chi connectivity index (χ0v) is 13.0. The van der Waals surface area contributed by atoms with Crippen molar-refractivity contribution in [1.82, 2.24) is 5.43 Å². The molecule has 0 aliphatic rings. The molecule has 0 aliphatic heterocycles. The van der Waals surface area contributed by atoms with Gasteiger partial charge in [0.2, 0.25) is 0 Å². The third kappa shape index (κ3) is 3.82. The minimum Gasteiger partial charge on any atom is -0.271 e. The van der Waals surface area contributed by atoms with Crippen molar-refractivity contribution in [2.45, 2.75) is 32.2 Å². The van der Waals surface area contributed by atoms with Crippen LogP contribution < -0.4 is 11.3 Å². The molecule has 0 aromatic heterocycles. The standard InChI is InChI=1S/C17H20ClFN2/c1-11(2)13-8-6-12(7-9-13)10-16(21-20)14-4-3-5-15(18)17(14)19/h3-9,11,16,21H,10,20H2,1-2H3. The maximum absolute atomic E-state index is 14.1. The molecule has 21 heavy (non-hydrogen) atoms. The van der Waals surface area contributed by atoms with E-state index in [2.05, 4.69) is 43.5 Å². The molecule has 2 aromatic rings.